The zero-order chi connectivity index (χ0) is 11.5. The molecule has 0 fully saturated rings. The first-order valence-corrected chi connectivity index (χ1v) is 5.59. The summed E-state index contributed by atoms with van der Waals surface area (Å²) in [5.41, 5.74) is 2.03. The molecular formula is C13H17NO2. The lowest BCUT2D eigenvalue weighted by Crippen LogP contribution is -2.34. The molecule has 0 saturated carbocycles. The van der Waals surface area contributed by atoms with Gasteiger partial charge in [0.05, 0.1) is 0 Å². The van der Waals surface area contributed by atoms with Crippen LogP contribution in [0.5, 0.6) is 11.5 Å². The van der Waals surface area contributed by atoms with Gasteiger partial charge in [-0.2, -0.15) is 0 Å². The number of benzene rings is 1. The molecule has 3 heteroatoms. The molecule has 0 aliphatic heterocycles. The summed E-state index contributed by atoms with van der Waals surface area (Å²) < 4.78 is 0. The van der Waals surface area contributed by atoms with Crippen LogP contribution in [0, 0.1) is 0 Å². The minimum absolute atomic E-state index is 0.0174. The molecule has 1 aromatic carbocycles. The third-order valence-electron chi connectivity index (χ3n) is 3.12. The van der Waals surface area contributed by atoms with Gasteiger partial charge >= 0.3 is 0 Å². The Morgan fingerprint density at radius 1 is 1.44 bits per heavy atom. The zero-order valence-corrected chi connectivity index (χ0v) is 9.24. The molecule has 1 unspecified atom stereocenters. The molecule has 0 amide bonds. The van der Waals surface area contributed by atoms with Crippen molar-refractivity contribution in [3.63, 3.8) is 0 Å². The molecule has 16 heavy (non-hydrogen) atoms. The topological polar surface area (TPSA) is 52.5 Å². The Labute approximate surface area is 95.4 Å². The molecule has 0 radical (unpaired) electrons. The summed E-state index contributed by atoms with van der Waals surface area (Å²) >= 11 is 0. The lowest BCUT2D eigenvalue weighted by Gasteiger charge is -2.26. The molecule has 1 atom stereocenters. The quantitative estimate of drug-likeness (QED) is 0.536. The van der Waals surface area contributed by atoms with Crippen LogP contribution in [-0.2, 0) is 12.8 Å². The predicted molar refractivity (Wildman–Crippen MR) is 63.8 cm³/mol. The molecule has 2 rings (SSSR count). The van der Waals surface area contributed by atoms with Crippen molar-refractivity contribution in [2.24, 2.45) is 0 Å². The number of phenolic OH excluding ortho intramolecular Hbond substituents is 2. The second kappa shape index (κ2) is 4.58. The molecule has 86 valence electrons. The van der Waals surface area contributed by atoms with E-state index >= 15 is 0 Å². The van der Waals surface area contributed by atoms with Crippen LogP contribution < -0.4 is 5.32 Å². The smallest absolute Gasteiger partial charge is 0.160 e. The third-order valence-corrected chi connectivity index (χ3v) is 3.12. The maximum atomic E-state index is 9.72. The van der Waals surface area contributed by atoms with Gasteiger partial charge in [-0.25, -0.2) is 0 Å². The van der Waals surface area contributed by atoms with Crippen molar-refractivity contribution >= 4 is 0 Å². The number of fused-ring (bicyclic) bond motifs is 1. The molecule has 0 aromatic heterocycles. The van der Waals surface area contributed by atoms with Crippen molar-refractivity contribution < 1.29 is 10.2 Å². The van der Waals surface area contributed by atoms with Gasteiger partial charge in [-0.3, -0.25) is 0 Å². The summed E-state index contributed by atoms with van der Waals surface area (Å²) in [4.78, 5) is 0. The van der Waals surface area contributed by atoms with Crippen molar-refractivity contribution in [2.45, 2.75) is 25.3 Å². The Balaban J connectivity index is 2.15. The highest BCUT2D eigenvalue weighted by molar-refractivity contribution is 5.50. The van der Waals surface area contributed by atoms with Crippen LogP contribution >= 0.6 is 0 Å². The molecule has 3 nitrogen and oxygen atoms in total. The molecule has 3 N–H and O–H groups in total. The van der Waals surface area contributed by atoms with Gasteiger partial charge in [0, 0.05) is 18.2 Å². The van der Waals surface area contributed by atoms with E-state index in [0.717, 1.165) is 36.9 Å². The highest BCUT2D eigenvalue weighted by Gasteiger charge is 2.21. The van der Waals surface area contributed by atoms with Crippen molar-refractivity contribution in [1.82, 2.24) is 5.32 Å². The van der Waals surface area contributed by atoms with Gasteiger partial charge in [0.15, 0.2) is 11.5 Å². The summed E-state index contributed by atoms with van der Waals surface area (Å²) in [6.45, 7) is 4.49. The standard InChI is InChI=1S/C13H17NO2/c1-2-7-14-10-4-5-11-9(8-10)3-6-12(15)13(11)16/h2-3,6,10,14-16H,1,4-5,7-8H2. The van der Waals surface area contributed by atoms with Gasteiger partial charge in [-0.1, -0.05) is 12.1 Å². The van der Waals surface area contributed by atoms with Crippen molar-refractivity contribution in [1.29, 1.82) is 0 Å². The van der Waals surface area contributed by atoms with Gasteiger partial charge in [-0.05, 0) is 30.9 Å². The fraction of sp³-hybridized carbons (Fsp3) is 0.385. The predicted octanol–water partition coefficient (Wildman–Crippen LogP) is 1.73. The molecule has 1 aromatic rings. The average Bonchev–Trinajstić information content (AvgIpc) is 2.31. The third kappa shape index (κ3) is 2.04. The van der Waals surface area contributed by atoms with Crippen LogP contribution in [0.25, 0.3) is 0 Å². The SMILES string of the molecule is C=CCNC1CCc2c(ccc(O)c2O)C1. The Hall–Kier alpha value is -1.48. The number of hydrogen-bond acceptors (Lipinski definition) is 3. The van der Waals surface area contributed by atoms with Gasteiger partial charge in [0.1, 0.15) is 0 Å². The monoisotopic (exact) mass is 219 g/mol. The number of phenols is 2. The Morgan fingerprint density at radius 2 is 2.25 bits per heavy atom. The van der Waals surface area contributed by atoms with E-state index in [1.54, 1.807) is 6.07 Å². The molecule has 0 bridgehead atoms. The first kappa shape index (κ1) is 11.0. The minimum Gasteiger partial charge on any atom is -0.504 e. The van der Waals surface area contributed by atoms with E-state index in [0.29, 0.717) is 6.04 Å². The second-order valence-electron chi connectivity index (χ2n) is 4.21. The molecule has 1 aliphatic rings. The Bertz CT molecular complexity index is 401. The van der Waals surface area contributed by atoms with Gasteiger partial charge < -0.3 is 15.5 Å². The van der Waals surface area contributed by atoms with E-state index in [-0.39, 0.29) is 11.5 Å². The lowest BCUT2D eigenvalue weighted by molar-refractivity contribution is 0.390. The second-order valence-corrected chi connectivity index (χ2v) is 4.21. The fourth-order valence-electron chi connectivity index (χ4n) is 2.25. The number of aromatic hydroxyl groups is 2. The van der Waals surface area contributed by atoms with E-state index in [2.05, 4.69) is 11.9 Å². The van der Waals surface area contributed by atoms with Crippen LogP contribution in [0.15, 0.2) is 24.8 Å². The normalized spacial score (nSPS) is 19.1. The van der Waals surface area contributed by atoms with Gasteiger partial charge in [0.25, 0.3) is 0 Å². The summed E-state index contributed by atoms with van der Waals surface area (Å²) in [7, 11) is 0. The molecular weight excluding hydrogens is 202 g/mol. The van der Waals surface area contributed by atoms with E-state index in [1.165, 1.54) is 0 Å². The Morgan fingerprint density at radius 3 is 3.00 bits per heavy atom. The number of hydrogen-bond donors (Lipinski definition) is 3. The van der Waals surface area contributed by atoms with Crippen molar-refractivity contribution in [3.05, 3.63) is 35.9 Å². The van der Waals surface area contributed by atoms with Crippen LogP contribution in [0.2, 0.25) is 0 Å². The average molecular weight is 219 g/mol. The highest BCUT2D eigenvalue weighted by atomic mass is 16.3. The van der Waals surface area contributed by atoms with Crippen molar-refractivity contribution in [2.75, 3.05) is 6.54 Å². The summed E-state index contributed by atoms with van der Waals surface area (Å²) in [6, 6.07) is 3.89. The zero-order valence-electron chi connectivity index (χ0n) is 9.24. The molecule has 0 heterocycles. The van der Waals surface area contributed by atoms with Crippen molar-refractivity contribution in [3.8, 4) is 11.5 Å². The van der Waals surface area contributed by atoms with E-state index < -0.39 is 0 Å². The van der Waals surface area contributed by atoms with E-state index in [1.807, 2.05) is 12.1 Å². The van der Waals surface area contributed by atoms with Crippen LogP contribution in [-0.4, -0.2) is 22.8 Å². The van der Waals surface area contributed by atoms with Gasteiger partial charge in [-0.15, -0.1) is 6.58 Å². The number of rotatable bonds is 3. The van der Waals surface area contributed by atoms with E-state index in [4.69, 9.17) is 0 Å². The Kier molecular flexibility index (Phi) is 3.15. The molecule has 0 spiro atoms. The lowest BCUT2D eigenvalue weighted by atomic mass is 9.87. The van der Waals surface area contributed by atoms with Crippen LogP contribution in [0.3, 0.4) is 0 Å². The minimum atomic E-state index is -0.0174. The molecule has 1 aliphatic carbocycles. The summed E-state index contributed by atoms with van der Waals surface area (Å²) in [5, 5.41) is 22.5. The largest absolute Gasteiger partial charge is 0.504 e. The first-order valence-electron chi connectivity index (χ1n) is 5.59. The molecule has 0 saturated heterocycles. The van der Waals surface area contributed by atoms with E-state index in [9.17, 15) is 10.2 Å². The summed E-state index contributed by atoms with van der Waals surface area (Å²) in [5.74, 6) is 0.0379. The maximum Gasteiger partial charge on any atom is 0.160 e. The highest BCUT2D eigenvalue weighted by Crippen LogP contribution is 2.35. The van der Waals surface area contributed by atoms with Crippen LogP contribution in [0.1, 0.15) is 17.5 Å². The maximum absolute atomic E-state index is 9.72. The summed E-state index contributed by atoms with van der Waals surface area (Å²) in [6.07, 6.45) is 4.54. The first-order chi connectivity index (χ1) is 7.72. The van der Waals surface area contributed by atoms with Gasteiger partial charge in [0.2, 0.25) is 0 Å². The number of nitrogens with one attached hydrogen (secondary N) is 1. The van der Waals surface area contributed by atoms with Crippen LogP contribution in [0.4, 0.5) is 0 Å². The fourth-order valence-corrected chi connectivity index (χ4v) is 2.25.